The minimum absolute atomic E-state index is 0.0227. The molecule has 162 valence electrons. The van der Waals surface area contributed by atoms with Gasteiger partial charge >= 0.3 is 0 Å². The summed E-state index contributed by atoms with van der Waals surface area (Å²) in [5.41, 5.74) is 1.35. The number of carbonyl (C=O) groups is 3. The van der Waals surface area contributed by atoms with Gasteiger partial charge in [-0.2, -0.15) is 0 Å². The molecule has 6 nitrogen and oxygen atoms in total. The van der Waals surface area contributed by atoms with Crippen LogP contribution in [0.1, 0.15) is 42.1 Å². The Kier molecular flexibility index (Phi) is 5.95. The summed E-state index contributed by atoms with van der Waals surface area (Å²) < 4.78 is 6.22. The largest absolute Gasteiger partial charge is 0.484 e. The van der Waals surface area contributed by atoms with E-state index in [4.69, 9.17) is 27.9 Å². The number of nitrogens with zero attached hydrogens (tertiary/aromatic N) is 1. The van der Waals surface area contributed by atoms with Crippen LogP contribution < -0.4 is 10.1 Å². The molecule has 2 aromatic rings. The Balaban J connectivity index is 1.39. The van der Waals surface area contributed by atoms with Gasteiger partial charge in [-0.25, -0.2) is 0 Å². The van der Waals surface area contributed by atoms with Crippen LogP contribution in [0.4, 0.5) is 5.69 Å². The second kappa shape index (κ2) is 8.52. The first-order valence-electron chi connectivity index (χ1n) is 10.1. The maximum atomic E-state index is 12.8. The molecule has 8 heteroatoms. The van der Waals surface area contributed by atoms with Crippen molar-refractivity contribution in [1.82, 2.24) is 4.90 Å². The van der Waals surface area contributed by atoms with Crippen LogP contribution in [0.3, 0.4) is 0 Å². The molecule has 0 radical (unpaired) electrons. The first-order chi connectivity index (χ1) is 14.7. The minimum atomic E-state index is -0.641. The van der Waals surface area contributed by atoms with Gasteiger partial charge in [0.25, 0.3) is 0 Å². The molecule has 0 atom stereocenters. The molecule has 2 aliphatic heterocycles. The highest BCUT2D eigenvalue weighted by molar-refractivity contribution is 6.36. The fourth-order valence-corrected chi connectivity index (χ4v) is 4.68. The van der Waals surface area contributed by atoms with Crippen LogP contribution in [0.15, 0.2) is 36.4 Å². The van der Waals surface area contributed by atoms with E-state index in [1.54, 1.807) is 29.2 Å². The molecular weight excluding hydrogens is 439 g/mol. The summed E-state index contributed by atoms with van der Waals surface area (Å²) in [5.74, 6) is 0.238. The molecule has 2 amide bonds. The first-order valence-corrected chi connectivity index (χ1v) is 10.9. The maximum absolute atomic E-state index is 12.8. The van der Waals surface area contributed by atoms with Crippen molar-refractivity contribution in [2.24, 2.45) is 0 Å². The van der Waals surface area contributed by atoms with Crippen LogP contribution in [-0.4, -0.2) is 41.2 Å². The zero-order valence-corrected chi connectivity index (χ0v) is 18.6. The van der Waals surface area contributed by atoms with Crippen LogP contribution >= 0.6 is 23.2 Å². The molecule has 0 aromatic heterocycles. The number of hydrogen-bond acceptors (Lipinski definition) is 4. The minimum Gasteiger partial charge on any atom is -0.484 e. The molecule has 0 bridgehead atoms. The van der Waals surface area contributed by atoms with E-state index < -0.39 is 5.60 Å². The Bertz CT molecular complexity index is 1040. The number of ether oxygens (including phenoxy) is 1. The molecule has 1 spiro atoms. The summed E-state index contributed by atoms with van der Waals surface area (Å²) in [6.45, 7) is 2.47. The van der Waals surface area contributed by atoms with Gasteiger partial charge in [-0.15, -0.1) is 0 Å². The van der Waals surface area contributed by atoms with Gasteiger partial charge in [-0.05, 0) is 29.8 Å². The van der Waals surface area contributed by atoms with Crippen molar-refractivity contribution in [3.63, 3.8) is 0 Å². The van der Waals surface area contributed by atoms with Crippen molar-refractivity contribution in [3.8, 4) is 5.75 Å². The number of halogens is 2. The van der Waals surface area contributed by atoms with Crippen molar-refractivity contribution >= 4 is 46.5 Å². The zero-order chi connectivity index (χ0) is 22.2. The number of Topliss-reactive ketones (excluding diaryl/α,β-unsaturated/α-hetero) is 1. The number of anilines is 1. The monoisotopic (exact) mass is 460 g/mol. The Morgan fingerprint density at radius 3 is 2.45 bits per heavy atom. The second-order valence-electron chi connectivity index (χ2n) is 8.08. The van der Waals surface area contributed by atoms with Gasteiger partial charge in [0, 0.05) is 43.6 Å². The summed E-state index contributed by atoms with van der Waals surface area (Å²) >= 11 is 12.3. The number of piperidine rings is 1. The second-order valence-corrected chi connectivity index (χ2v) is 8.93. The normalized spacial score (nSPS) is 17.1. The van der Waals surface area contributed by atoms with Crippen molar-refractivity contribution in [2.45, 2.75) is 38.2 Å². The lowest BCUT2D eigenvalue weighted by molar-refractivity contribution is -0.134. The molecule has 0 aliphatic carbocycles. The SMILES string of the molecule is CC(=O)Nc1ccc(CC(=O)N2CCC3(CC2)CC(=O)c2cc(Cl)cc(Cl)c2O3)cc1. The quantitative estimate of drug-likeness (QED) is 0.730. The maximum Gasteiger partial charge on any atom is 0.226 e. The standard InChI is InChI=1S/C23H22Cl2N2O4/c1-14(28)26-17-4-2-15(3-5-17)10-21(30)27-8-6-23(7-9-27)13-20(29)18-11-16(24)12-19(25)22(18)31-23/h2-5,11-12H,6-10,13H2,1H3,(H,26,28). The molecule has 0 saturated carbocycles. The Labute approximate surface area is 190 Å². The van der Waals surface area contributed by atoms with E-state index in [1.165, 1.54) is 6.92 Å². The highest BCUT2D eigenvalue weighted by Gasteiger charge is 2.44. The molecule has 2 heterocycles. The topological polar surface area (TPSA) is 75.7 Å². The molecule has 0 unspecified atom stereocenters. The number of carbonyl (C=O) groups excluding carboxylic acids is 3. The number of hydrogen-bond donors (Lipinski definition) is 1. The van der Waals surface area contributed by atoms with Gasteiger partial charge in [0.15, 0.2) is 5.78 Å². The van der Waals surface area contributed by atoms with Crippen LogP contribution in [0.25, 0.3) is 0 Å². The number of ketones is 1. The summed E-state index contributed by atoms with van der Waals surface area (Å²) in [6.07, 6.45) is 1.65. The van der Waals surface area contributed by atoms with Crippen LogP contribution in [0, 0.1) is 0 Å². The molecule has 31 heavy (non-hydrogen) atoms. The van der Waals surface area contributed by atoms with Gasteiger partial charge < -0.3 is 15.0 Å². The highest BCUT2D eigenvalue weighted by atomic mass is 35.5. The number of nitrogens with one attached hydrogen (secondary N) is 1. The zero-order valence-electron chi connectivity index (χ0n) is 17.0. The molecular formula is C23H22Cl2N2O4. The van der Waals surface area contributed by atoms with E-state index in [0.29, 0.717) is 53.0 Å². The van der Waals surface area contributed by atoms with E-state index in [9.17, 15) is 14.4 Å². The predicted molar refractivity (Wildman–Crippen MR) is 119 cm³/mol. The first kappa shape index (κ1) is 21.7. The lowest BCUT2D eigenvalue weighted by Gasteiger charge is -2.44. The Hall–Kier alpha value is -2.57. The molecule has 2 aliphatic rings. The summed E-state index contributed by atoms with van der Waals surface area (Å²) in [5, 5.41) is 3.44. The van der Waals surface area contributed by atoms with E-state index in [-0.39, 0.29) is 30.4 Å². The molecule has 1 fully saturated rings. The van der Waals surface area contributed by atoms with Gasteiger partial charge in [0.2, 0.25) is 11.8 Å². The summed E-state index contributed by atoms with van der Waals surface area (Å²) in [4.78, 5) is 38.4. The third-order valence-electron chi connectivity index (χ3n) is 5.77. The third kappa shape index (κ3) is 4.70. The van der Waals surface area contributed by atoms with Crippen LogP contribution in [0.5, 0.6) is 5.75 Å². The number of rotatable bonds is 3. The van der Waals surface area contributed by atoms with Gasteiger partial charge in [-0.3, -0.25) is 14.4 Å². The van der Waals surface area contributed by atoms with Crippen LogP contribution in [-0.2, 0) is 16.0 Å². The van der Waals surface area contributed by atoms with E-state index >= 15 is 0 Å². The molecule has 2 aromatic carbocycles. The van der Waals surface area contributed by atoms with Crippen molar-refractivity contribution in [1.29, 1.82) is 0 Å². The lowest BCUT2D eigenvalue weighted by atomic mass is 9.82. The highest BCUT2D eigenvalue weighted by Crippen LogP contribution is 2.44. The van der Waals surface area contributed by atoms with Crippen LogP contribution in [0.2, 0.25) is 10.0 Å². The lowest BCUT2D eigenvalue weighted by Crippen LogP contribution is -2.52. The van der Waals surface area contributed by atoms with Gasteiger partial charge in [-0.1, -0.05) is 35.3 Å². The number of likely N-dealkylation sites (tertiary alicyclic amines) is 1. The van der Waals surface area contributed by atoms with Crippen molar-refractivity contribution < 1.29 is 19.1 Å². The fraction of sp³-hybridized carbons (Fsp3) is 0.348. The Morgan fingerprint density at radius 2 is 1.81 bits per heavy atom. The predicted octanol–water partition coefficient (Wildman–Crippen LogP) is 4.52. The fourth-order valence-electron chi connectivity index (χ4n) is 4.15. The van der Waals surface area contributed by atoms with E-state index in [2.05, 4.69) is 5.32 Å². The van der Waals surface area contributed by atoms with E-state index in [1.807, 2.05) is 12.1 Å². The average Bonchev–Trinajstić information content (AvgIpc) is 2.71. The Morgan fingerprint density at radius 1 is 1.13 bits per heavy atom. The molecule has 4 rings (SSSR count). The average molecular weight is 461 g/mol. The third-order valence-corrected chi connectivity index (χ3v) is 6.27. The summed E-state index contributed by atoms with van der Waals surface area (Å²) in [6, 6.07) is 10.4. The smallest absolute Gasteiger partial charge is 0.226 e. The number of benzene rings is 2. The summed E-state index contributed by atoms with van der Waals surface area (Å²) in [7, 11) is 0. The van der Waals surface area contributed by atoms with Crippen molar-refractivity contribution in [3.05, 3.63) is 57.6 Å². The van der Waals surface area contributed by atoms with Crippen molar-refractivity contribution in [2.75, 3.05) is 18.4 Å². The van der Waals surface area contributed by atoms with Gasteiger partial charge in [0.1, 0.15) is 11.4 Å². The molecule has 1 saturated heterocycles. The molecule has 1 N–H and O–H groups in total. The number of fused-ring (bicyclic) bond motifs is 1. The van der Waals surface area contributed by atoms with Gasteiger partial charge in [0.05, 0.1) is 23.4 Å². The van der Waals surface area contributed by atoms with E-state index in [0.717, 1.165) is 5.56 Å². The number of amides is 2.